The molecular formula is C12H12N4O3. The van der Waals surface area contributed by atoms with Crippen LogP contribution in [-0.4, -0.2) is 14.9 Å². The molecule has 7 nitrogen and oxygen atoms in total. The van der Waals surface area contributed by atoms with Gasteiger partial charge in [-0.05, 0) is 18.1 Å². The van der Waals surface area contributed by atoms with Gasteiger partial charge in [0.15, 0.2) is 0 Å². The summed E-state index contributed by atoms with van der Waals surface area (Å²) in [5.74, 6) is 0.526. The van der Waals surface area contributed by atoms with E-state index in [0.29, 0.717) is 6.42 Å². The number of nitro groups is 1. The van der Waals surface area contributed by atoms with E-state index in [1.165, 1.54) is 18.5 Å². The van der Waals surface area contributed by atoms with Gasteiger partial charge in [0.2, 0.25) is 11.6 Å². The third kappa shape index (κ3) is 2.95. The molecular weight excluding hydrogens is 248 g/mol. The van der Waals surface area contributed by atoms with E-state index in [-0.39, 0.29) is 23.1 Å². The molecule has 0 unspecified atom stereocenters. The van der Waals surface area contributed by atoms with Crippen LogP contribution in [0.25, 0.3) is 0 Å². The number of hydrogen-bond acceptors (Lipinski definition) is 6. The van der Waals surface area contributed by atoms with Gasteiger partial charge in [0.25, 0.3) is 0 Å². The first-order valence-electron chi connectivity index (χ1n) is 5.63. The molecule has 0 aliphatic carbocycles. The summed E-state index contributed by atoms with van der Waals surface area (Å²) in [5, 5.41) is 11.0. The van der Waals surface area contributed by atoms with Crippen LogP contribution < -0.4 is 10.5 Å². The number of rotatable bonds is 4. The van der Waals surface area contributed by atoms with Crippen LogP contribution in [-0.2, 0) is 6.42 Å². The van der Waals surface area contributed by atoms with Crippen molar-refractivity contribution in [1.29, 1.82) is 0 Å². The molecule has 2 rings (SSSR count). The fourth-order valence-corrected chi connectivity index (χ4v) is 1.53. The van der Waals surface area contributed by atoms with Gasteiger partial charge in [-0.1, -0.05) is 13.0 Å². The number of nitrogens with two attached hydrogens (primary N) is 1. The fourth-order valence-electron chi connectivity index (χ4n) is 1.53. The van der Waals surface area contributed by atoms with Crippen LogP contribution in [0.3, 0.4) is 0 Å². The number of anilines is 1. The van der Waals surface area contributed by atoms with Crippen molar-refractivity contribution in [2.24, 2.45) is 0 Å². The van der Waals surface area contributed by atoms with E-state index in [1.54, 1.807) is 12.1 Å². The van der Waals surface area contributed by atoms with Crippen LogP contribution >= 0.6 is 0 Å². The quantitative estimate of drug-likeness (QED) is 0.668. The lowest BCUT2D eigenvalue weighted by atomic mass is 10.1. The van der Waals surface area contributed by atoms with E-state index in [0.717, 1.165) is 5.56 Å². The summed E-state index contributed by atoms with van der Waals surface area (Å²) in [6.45, 7) is 1.92. The lowest BCUT2D eigenvalue weighted by molar-refractivity contribution is -0.385. The summed E-state index contributed by atoms with van der Waals surface area (Å²) >= 11 is 0. The number of aromatic nitrogens is 2. The molecule has 1 aromatic heterocycles. The third-order valence-electron chi connectivity index (χ3n) is 2.51. The molecule has 7 heteroatoms. The van der Waals surface area contributed by atoms with Gasteiger partial charge < -0.3 is 10.5 Å². The predicted octanol–water partition coefficient (Wildman–Crippen LogP) is 2.32. The normalized spacial score (nSPS) is 10.2. The lowest BCUT2D eigenvalue weighted by Crippen LogP contribution is -1.97. The summed E-state index contributed by atoms with van der Waals surface area (Å²) < 4.78 is 5.38. The maximum Gasteiger partial charge on any atom is 0.311 e. The Morgan fingerprint density at radius 1 is 1.37 bits per heavy atom. The summed E-state index contributed by atoms with van der Waals surface area (Å²) in [4.78, 5) is 18.1. The number of benzene rings is 1. The molecule has 2 aromatic rings. The average molecular weight is 260 g/mol. The second-order valence-corrected chi connectivity index (χ2v) is 3.80. The van der Waals surface area contributed by atoms with Crippen molar-refractivity contribution >= 4 is 11.5 Å². The second-order valence-electron chi connectivity index (χ2n) is 3.80. The van der Waals surface area contributed by atoms with Crippen LogP contribution in [0.2, 0.25) is 0 Å². The molecule has 0 atom stereocenters. The number of hydrogen-bond donors (Lipinski definition) is 1. The molecule has 0 spiro atoms. The van der Waals surface area contributed by atoms with Crippen LogP contribution in [0.15, 0.2) is 30.6 Å². The van der Waals surface area contributed by atoms with Crippen molar-refractivity contribution in [3.05, 3.63) is 46.3 Å². The third-order valence-corrected chi connectivity index (χ3v) is 2.51. The van der Waals surface area contributed by atoms with Crippen molar-refractivity contribution < 1.29 is 9.66 Å². The van der Waals surface area contributed by atoms with Crippen LogP contribution in [0, 0.1) is 10.1 Å². The van der Waals surface area contributed by atoms with Gasteiger partial charge in [-0.15, -0.1) is 0 Å². The highest BCUT2D eigenvalue weighted by atomic mass is 16.6. The zero-order chi connectivity index (χ0) is 13.8. The van der Waals surface area contributed by atoms with Gasteiger partial charge in [-0.3, -0.25) is 10.1 Å². The van der Waals surface area contributed by atoms with Crippen LogP contribution in [0.4, 0.5) is 11.5 Å². The van der Waals surface area contributed by atoms with Crippen molar-refractivity contribution in [1.82, 2.24) is 9.97 Å². The van der Waals surface area contributed by atoms with E-state index in [2.05, 4.69) is 9.97 Å². The smallest absolute Gasteiger partial charge is 0.311 e. The first-order valence-corrected chi connectivity index (χ1v) is 5.63. The molecule has 0 radical (unpaired) electrons. The number of aryl methyl sites for hydroxylation is 1. The zero-order valence-electron chi connectivity index (χ0n) is 10.2. The number of nitro benzene ring substituents is 1. The van der Waals surface area contributed by atoms with Gasteiger partial charge in [-0.25, -0.2) is 9.97 Å². The number of nitrogens with zero attached hydrogens (tertiary/aromatic N) is 3. The molecule has 0 aliphatic heterocycles. The highest BCUT2D eigenvalue weighted by Crippen LogP contribution is 2.31. The summed E-state index contributed by atoms with van der Waals surface area (Å²) in [6.07, 6.45) is 1.94. The van der Waals surface area contributed by atoms with E-state index in [1.807, 2.05) is 6.92 Å². The zero-order valence-corrected chi connectivity index (χ0v) is 10.2. The molecule has 2 N–H and O–H groups in total. The molecule has 1 aromatic carbocycles. The molecule has 0 aliphatic rings. The minimum atomic E-state index is -0.487. The standard InChI is InChI=1S/C12H12N4O3/c1-2-8-3-4-10(9(5-8)16(17)18)19-12-6-11(13)14-7-15-12/h3-7H,2H2,1H3,(H2,13,14,15). The van der Waals surface area contributed by atoms with E-state index in [9.17, 15) is 10.1 Å². The molecule has 0 bridgehead atoms. The maximum atomic E-state index is 11.0. The Morgan fingerprint density at radius 2 is 2.16 bits per heavy atom. The Kier molecular flexibility index (Phi) is 3.56. The number of nitrogen functional groups attached to an aromatic ring is 1. The van der Waals surface area contributed by atoms with E-state index >= 15 is 0 Å². The van der Waals surface area contributed by atoms with Gasteiger partial charge in [0.1, 0.15) is 12.1 Å². The average Bonchev–Trinajstić information content (AvgIpc) is 2.39. The number of ether oxygens (including phenoxy) is 1. The largest absolute Gasteiger partial charge is 0.432 e. The molecule has 19 heavy (non-hydrogen) atoms. The van der Waals surface area contributed by atoms with Crippen molar-refractivity contribution in [2.75, 3.05) is 5.73 Å². The topological polar surface area (TPSA) is 104 Å². The first-order chi connectivity index (χ1) is 9.10. The summed E-state index contributed by atoms with van der Waals surface area (Å²) in [7, 11) is 0. The Hall–Kier alpha value is -2.70. The minimum Gasteiger partial charge on any atom is -0.432 e. The highest BCUT2D eigenvalue weighted by Gasteiger charge is 2.17. The second kappa shape index (κ2) is 5.30. The first kappa shape index (κ1) is 12.7. The molecule has 0 fully saturated rings. The monoisotopic (exact) mass is 260 g/mol. The fraction of sp³-hybridized carbons (Fsp3) is 0.167. The van der Waals surface area contributed by atoms with Crippen molar-refractivity contribution in [3.8, 4) is 11.6 Å². The Labute approximate surface area is 109 Å². The molecule has 0 saturated heterocycles. The predicted molar refractivity (Wildman–Crippen MR) is 69.0 cm³/mol. The molecule has 0 saturated carbocycles. The Balaban J connectivity index is 2.36. The van der Waals surface area contributed by atoms with Crippen LogP contribution in [0.5, 0.6) is 11.6 Å². The molecule has 98 valence electrons. The lowest BCUT2D eigenvalue weighted by Gasteiger charge is -2.06. The molecule has 0 amide bonds. The van der Waals surface area contributed by atoms with Crippen molar-refractivity contribution in [3.63, 3.8) is 0 Å². The maximum absolute atomic E-state index is 11.0. The molecule has 1 heterocycles. The van der Waals surface area contributed by atoms with Gasteiger partial charge in [-0.2, -0.15) is 0 Å². The summed E-state index contributed by atoms with van der Waals surface area (Å²) in [6, 6.07) is 6.21. The van der Waals surface area contributed by atoms with Crippen LogP contribution in [0.1, 0.15) is 12.5 Å². The minimum absolute atomic E-state index is 0.100. The SMILES string of the molecule is CCc1ccc(Oc2cc(N)ncn2)c([N+](=O)[O-])c1. The van der Waals surface area contributed by atoms with Crippen molar-refractivity contribution in [2.45, 2.75) is 13.3 Å². The van der Waals surface area contributed by atoms with Gasteiger partial charge >= 0.3 is 5.69 Å². The van der Waals surface area contributed by atoms with E-state index < -0.39 is 4.92 Å². The van der Waals surface area contributed by atoms with E-state index in [4.69, 9.17) is 10.5 Å². The Morgan fingerprint density at radius 3 is 2.79 bits per heavy atom. The highest BCUT2D eigenvalue weighted by molar-refractivity contribution is 5.50. The van der Waals surface area contributed by atoms with Gasteiger partial charge in [0.05, 0.1) is 4.92 Å². The van der Waals surface area contributed by atoms with Gasteiger partial charge in [0, 0.05) is 12.1 Å². The summed E-state index contributed by atoms with van der Waals surface area (Å²) in [5.41, 5.74) is 6.25. The Bertz CT molecular complexity index is 616.